The summed E-state index contributed by atoms with van der Waals surface area (Å²) in [7, 11) is 0. The third kappa shape index (κ3) is 2.90. The van der Waals surface area contributed by atoms with Gasteiger partial charge in [-0.25, -0.2) is 0 Å². The summed E-state index contributed by atoms with van der Waals surface area (Å²) < 4.78 is 0. The number of hydrogen-bond acceptors (Lipinski definition) is 5. The van der Waals surface area contributed by atoms with E-state index >= 15 is 0 Å². The molecule has 2 rings (SSSR count). The summed E-state index contributed by atoms with van der Waals surface area (Å²) in [5, 5.41) is 11.4. The van der Waals surface area contributed by atoms with E-state index in [-0.39, 0.29) is 11.9 Å². The van der Waals surface area contributed by atoms with E-state index in [0.717, 1.165) is 24.5 Å². The zero-order valence-electron chi connectivity index (χ0n) is 11.5. The Morgan fingerprint density at radius 1 is 1.58 bits per heavy atom. The summed E-state index contributed by atoms with van der Waals surface area (Å²) in [5.41, 5.74) is 7.93. The van der Waals surface area contributed by atoms with Crippen LogP contribution in [0.1, 0.15) is 28.7 Å². The first-order chi connectivity index (χ1) is 9.17. The minimum absolute atomic E-state index is 0.0202. The van der Waals surface area contributed by atoms with Crippen LogP contribution < -0.4 is 11.1 Å². The van der Waals surface area contributed by atoms with Gasteiger partial charge in [0.05, 0.1) is 23.0 Å². The lowest BCUT2D eigenvalue weighted by atomic mass is 10.1. The summed E-state index contributed by atoms with van der Waals surface area (Å²) in [6.45, 7) is 6.54. The standard InChI is InChI=1S/C13H21N5O/c1-3-12-11(6-9(2)16-17-12)13(19)18-5-4-15-8-10(18)7-14/h6,10,15H,3-5,7-8,14H2,1-2H3. The van der Waals surface area contributed by atoms with Gasteiger partial charge in [-0.15, -0.1) is 0 Å². The molecule has 1 aliphatic heterocycles. The highest BCUT2D eigenvalue weighted by atomic mass is 16.2. The molecule has 0 saturated carbocycles. The molecule has 1 fully saturated rings. The van der Waals surface area contributed by atoms with Crippen molar-refractivity contribution in [3.05, 3.63) is 23.0 Å². The van der Waals surface area contributed by atoms with Gasteiger partial charge in [0.15, 0.2) is 0 Å². The van der Waals surface area contributed by atoms with Crippen LogP contribution in [0.5, 0.6) is 0 Å². The third-order valence-corrected chi connectivity index (χ3v) is 3.44. The summed E-state index contributed by atoms with van der Waals surface area (Å²) in [6, 6.07) is 1.88. The van der Waals surface area contributed by atoms with Gasteiger partial charge in [-0.05, 0) is 19.4 Å². The van der Waals surface area contributed by atoms with Gasteiger partial charge in [-0.2, -0.15) is 10.2 Å². The average molecular weight is 263 g/mol. The van der Waals surface area contributed by atoms with Crippen molar-refractivity contribution in [3.63, 3.8) is 0 Å². The summed E-state index contributed by atoms with van der Waals surface area (Å²) in [5.74, 6) is 0.0202. The van der Waals surface area contributed by atoms with Crippen LogP contribution in [-0.2, 0) is 6.42 Å². The molecule has 0 aliphatic carbocycles. The van der Waals surface area contributed by atoms with Gasteiger partial charge in [0.2, 0.25) is 0 Å². The van der Waals surface area contributed by atoms with E-state index in [1.807, 2.05) is 24.8 Å². The molecule has 19 heavy (non-hydrogen) atoms. The molecular formula is C13H21N5O. The van der Waals surface area contributed by atoms with E-state index in [1.165, 1.54) is 0 Å². The van der Waals surface area contributed by atoms with Crippen molar-refractivity contribution in [1.29, 1.82) is 0 Å². The van der Waals surface area contributed by atoms with Crippen molar-refractivity contribution in [2.45, 2.75) is 26.3 Å². The van der Waals surface area contributed by atoms with Crippen molar-refractivity contribution in [2.24, 2.45) is 5.73 Å². The molecule has 1 aliphatic rings. The first kappa shape index (κ1) is 13.9. The molecule has 3 N–H and O–H groups in total. The normalized spacial score (nSPS) is 19.5. The second kappa shape index (κ2) is 6.08. The predicted molar refractivity (Wildman–Crippen MR) is 72.9 cm³/mol. The fraction of sp³-hybridized carbons (Fsp3) is 0.615. The maximum atomic E-state index is 12.7. The second-order valence-corrected chi connectivity index (χ2v) is 4.79. The summed E-state index contributed by atoms with van der Waals surface area (Å²) in [6.07, 6.45) is 0.702. The molecule has 1 saturated heterocycles. The molecule has 0 radical (unpaired) electrons. The third-order valence-electron chi connectivity index (χ3n) is 3.44. The average Bonchev–Trinajstić information content (AvgIpc) is 2.46. The molecule has 6 heteroatoms. The molecule has 0 aromatic carbocycles. The Labute approximate surface area is 113 Å². The predicted octanol–water partition coefficient (Wildman–Crippen LogP) is -0.280. The van der Waals surface area contributed by atoms with Crippen molar-refractivity contribution < 1.29 is 4.79 Å². The summed E-state index contributed by atoms with van der Waals surface area (Å²) in [4.78, 5) is 14.5. The van der Waals surface area contributed by atoms with Gasteiger partial charge >= 0.3 is 0 Å². The quantitative estimate of drug-likeness (QED) is 0.783. The largest absolute Gasteiger partial charge is 0.332 e. The van der Waals surface area contributed by atoms with Gasteiger partial charge in [0.1, 0.15) is 0 Å². The maximum absolute atomic E-state index is 12.7. The number of nitrogens with two attached hydrogens (primary N) is 1. The van der Waals surface area contributed by atoms with Crippen molar-refractivity contribution in [2.75, 3.05) is 26.2 Å². The van der Waals surface area contributed by atoms with Crippen LogP contribution in [0.4, 0.5) is 0 Å². The molecule has 0 bridgehead atoms. The van der Waals surface area contributed by atoms with E-state index in [1.54, 1.807) is 0 Å². The van der Waals surface area contributed by atoms with Crippen LogP contribution in [0.15, 0.2) is 6.07 Å². The van der Waals surface area contributed by atoms with Crippen LogP contribution in [0.2, 0.25) is 0 Å². The Hall–Kier alpha value is -1.53. The van der Waals surface area contributed by atoms with E-state index in [2.05, 4.69) is 15.5 Å². The molecular weight excluding hydrogens is 242 g/mol. The minimum atomic E-state index is 0.0202. The topological polar surface area (TPSA) is 84.1 Å². The van der Waals surface area contributed by atoms with E-state index < -0.39 is 0 Å². The Bertz CT molecular complexity index is 462. The number of hydrogen-bond donors (Lipinski definition) is 2. The number of carbonyl (C=O) groups excluding carboxylic acids is 1. The second-order valence-electron chi connectivity index (χ2n) is 4.79. The fourth-order valence-electron chi connectivity index (χ4n) is 2.35. The lowest BCUT2D eigenvalue weighted by Gasteiger charge is -2.35. The Morgan fingerprint density at radius 3 is 3.05 bits per heavy atom. The number of nitrogens with zero attached hydrogens (tertiary/aromatic N) is 3. The van der Waals surface area contributed by atoms with Crippen molar-refractivity contribution >= 4 is 5.91 Å². The molecule has 1 atom stereocenters. The van der Waals surface area contributed by atoms with Crippen molar-refractivity contribution in [1.82, 2.24) is 20.4 Å². The molecule has 1 unspecified atom stereocenters. The molecule has 1 amide bonds. The van der Waals surface area contributed by atoms with Gasteiger partial charge in [-0.3, -0.25) is 4.79 Å². The van der Waals surface area contributed by atoms with Gasteiger partial charge < -0.3 is 16.0 Å². The molecule has 6 nitrogen and oxygen atoms in total. The van der Waals surface area contributed by atoms with Crippen LogP contribution in [0.25, 0.3) is 0 Å². The highest BCUT2D eigenvalue weighted by molar-refractivity contribution is 5.95. The number of aromatic nitrogens is 2. The van der Waals surface area contributed by atoms with Crippen LogP contribution in [0, 0.1) is 6.92 Å². The van der Waals surface area contributed by atoms with Crippen LogP contribution in [0.3, 0.4) is 0 Å². The van der Waals surface area contributed by atoms with Crippen LogP contribution in [-0.4, -0.2) is 53.2 Å². The number of amides is 1. The summed E-state index contributed by atoms with van der Waals surface area (Å²) >= 11 is 0. The molecule has 1 aromatic rings. The van der Waals surface area contributed by atoms with Crippen molar-refractivity contribution in [3.8, 4) is 0 Å². The zero-order valence-corrected chi connectivity index (χ0v) is 11.5. The number of nitrogens with one attached hydrogen (secondary N) is 1. The fourth-order valence-corrected chi connectivity index (χ4v) is 2.35. The highest BCUT2D eigenvalue weighted by Gasteiger charge is 2.28. The zero-order chi connectivity index (χ0) is 13.8. The maximum Gasteiger partial charge on any atom is 0.256 e. The molecule has 1 aromatic heterocycles. The van der Waals surface area contributed by atoms with E-state index in [9.17, 15) is 4.79 Å². The highest BCUT2D eigenvalue weighted by Crippen LogP contribution is 2.14. The van der Waals surface area contributed by atoms with Gasteiger partial charge in [0, 0.05) is 26.2 Å². The monoisotopic (exact) mass is 263 g/mol. The lowest BCUT2D eigenvalue weighted by Crippen LogP contribution is -2.56. The Morgan fingerprint density at radius 2 is 2.37 bits per heavy atom. The van der Waals surface area contributed by atoms with Gasteiger partial charge in [0.25, 0.3) is 5.91 Å². The molecule has 0 spiro atoms. The Kier molecular flexibility index (Phi) is 4.44. The number of aryl methyl sites for hydroxylation is 2. The molecule has 2 heterocycles. The number of carbonyl (C=O) groups is 1. The Balaban J connectivity index is 2.29. The minimum Gasteiger partial charge on any atom is -0.332 e. The first-order valence-corrected chi connectivity index (χ1v) is 6.72. The van der Waals surface area contributed by atoms with Crippen LogP contribution >= 0.6 is 0 Å². The number of piperazine rings is 1. The smallest absolute Gasteiger partial charge is 0.256 e. The molecule has 104 valence electrons. The van der Waals surface area contributed by atoms with E-state index in [0.29, 0.717) is 25.1 Å². The van der Waals surface area contributed by atoms with E-state index in [4.69, 9.17) is 5.73 Å². The van der Waals surface area contributed by atoms with Gasteiger partial charge in [-0.1, -0.05) is 6.92 Å². The first-order valence-electron chi connectivity index (χ1n) is 6.72. The SMILES string of the molecule is CCc1nnc(C)cc1C(=O)N1CCNCC1CN. The number of rotatable bonds is 3. The lowest BCUT2D eigenvalue weighted by molar-refractivity contribution is 0.0642.